The Hall–Kier alpha value is 0.0600. The van der Waals surface area contributed by atoms with Gasteiger partial charge in [-0.2, -0.15) is 8.42 Å². The summed E-state index contributed by atoms with van der Waals surface area (Å²) >= 11 is 1.07. The molecule has 0 saturated heterocycles. The molecule has 0 fully saturated rings. The van der Waals surface area contributed by atoms with Gasteiger partial charge in [-0.1, -0.05) is 32.7 Å². The molecule has 0 heterocycles. The summed E-state index contributed by atoms with van der Waals surface area (Å²) in [5, 5.41) is 11.7. The van der Waals surface area contributed by atoms with Crippen molar-refractivity contribution >= 4 is 22.2 Å². The van der Waals surface area contributed by atoms with E-state index < -0.39 is 15.5 Å². The van der Waals surface area contributed by atoms with Crippen LogP contribution in [0.3, 0.4) is 0 Å². The first kappa shape index (κ1) is 27.1. The zero-order chi connectivity index (χ0) is 20.8. The largest absolute Gasteiger partial charge is 0.381 e. The van der Waals surface area contributed by atoms with Crippen molar-refractivity contribution in [1.82, 2.24) is 0 Å². The lowest BCUT2D eigenvalue weighted by molar-refractivity contribution is -0.432. The molecule has 0 unspecified atom stereocenters. The molecule has 0 saturated carbocycles. The van der Waals surface area contributed by atoms with Gasteiger partial charge < -0.3 is 9.47 Å². The zero-order valence-electron chi connectivity index (χ0n) is 16.9. The quantitative estimate of drug-likeness (QED) is 0.109. The second-order valence-corrected chi connectivity index (χ2v) is 10.4. The maximum Gasteiger partial charge on any atom is 0.265 e. The van der Waals surface area contributed by atoms with E-state index in [1.165, 1.54) is 0 Å². The molecule has 164 valence electrons. The van der Waals surface area contributed by atoms with Gasteiger partial charge in [0.05, 0.1) is 5.75 Å². The van der Waals surface area contributed by atoms with Crippen molar-refractivity contribution in [1.29, 1.82) is 0 Å². The Morgan fingerprint density at radius 2 is 1.33 bits per heavy atom. The van der Waals surface area contributed by atoms with Gasteiger partial charge in [-0.25, -0.2) is 5.26 Å². The summed E-state index contributed by atoms with van der Waals surface area (Å²) in [5.41, 5.74) is -0.387. The van der Waals surface area contributed by atoms with E-state index in [4.69, 9.17) is 19.3 Å². The van der Waals surface area contributed by atoms with E-state index in [2.05, 4.69) is 23.2 Å². The fraction of sp³-hybridized carbons (Fsp3) is 1.00. The second-order valence-electron chi connectivity index (χ2n) is 8.24. The lowest BCUT2D eigenvalue weighted by Crippen LogP contribution is -2.24. The SMILES string of the molecule is CC(C)(CCCOCCCOCCCC(C)(C)CS(=O)(=O)O)CSOOO. The van der Waals surface area contributed by atoms with Gasteiger partial charge in [-0.3, -0.25) is 4.55 Å². The van der Waals surface area contributed by atoms with Crippen LogP contribution in [0.25, 0.3) is 0 Å². The van der Waals surface area contributed by atoms with Crippen LogP contribution in [-0.2, 0) is 29.0 Å². The van der Waals surface area contributed by atoms with E-state index >= 15 is 0 Å². The molecule has 0 aromatic carbocycles. The van der Waals surface area contributed by atoms with Gasteiger partial charge in [0.2, 0.25) is 0 Å². The molecule has 0 aliphatic rings. The molecule has 0 bridgehead atoms. The highest BCUT2D eigenvalue weighted by Gasteiger charge is 2.24. The number of ether oxygens (including phenoxy) is 2. The molecule has 2 N–H and O–H groups in total. The first-order chi connectivity index (χ1) is 12.5. The molecule has 8 nitrogen and oxygen atoms in total. The fourth-order valence-electron chi connectivity index (χ4n) is 2.62. The highest BCUT2D eigenvalue weighted by molar-refractivity contribution is 7.94. The molecule has 0 rings (SSSR count). The van der Waals surface area contributed by atoms with E-state index in [0.29, 0.717) is 38.6 Å². The topological polar surface area (TPSA) is 112 Å². The molecule has 27 heavy (non-hydrogen) atoms. The minimum Gasteiger partial charge on any atom is -0.381 e. The van der Waals surface area contributed by atoms with Gasteiger partial charge in [0.15, 0.2) is 0 Å². The molecular weight excluding hydrogens is 396 g/mol. The highest BCUT2D eigenvalue weighted by Crippen LogP contribution is 2.27. The molecule has 0 amide bonds. The van der Waals surface area contributed by atoms with Crippen LogP contribution in [0.1, 0.15) is 59.8 Å². The fourth-order valence-corrected chi connectivity index (χ4v) is 4.30. The first-order valence-corrected chi connectivity index (χ1v) is 11.7. The second kappa shape index (κ2) is 14.1. The maximum atomic E-state index is 10.9. The molecule has 0 aliphatic carbocycles. The van der Waals surface area contributed by atoms with Crippen molar-refractivity contribution in [3.8, 4) is 0 Å². The van der Waals surface area contributed by atoms with Gasteiger partial charge >= 0.3 is 0 Å². The Kier molecular flexibility index (Phi) is 14.1. The van der Waals surface area contributed by atoms with Crippen molar-refractivity contribution in [2.75, 3.05) is 37.9 Å². The van der Waals surface area contributed by atoms with Crippen LogP contribution in [0.15, 0.2) is 0 Å². The van der Waals surface area contributed by atoms with Crippen LogP contribution in [0.5, 0.6) is 0 Å². The van der Waals surface area contributed by atoms with Gasteiger partial charge in [0, 0.05) is 44.2 Å². The predicted octanol–water partition coefficient (Wildman–Crippen LogP) is 3.98. The normalized spacial score (nSPS) is 13.3. The monoisotopic (exact) mass is 432 g/mol. The van der Waals surface area contributed by atoms with Gasteiger partial charge in [0.25, 0.3) is 10.1 Å². The average molecular weight is 433 g/mol. The van der Waals surface area contributed by atoms with E-state index in [9.17, 15) is 8.42 Å². The summed E-state index contributed by atoms with van der Waals surface area (Å²) in [4.78, 5) is 0. The number of hydrogen-bond donors (Lipinski definition) is 2. The average Bonchev–Trinajstić information content (AvgIpc) is 2.50. The van der Waals surface area contributed by atoms with Crippen molar-refractivity contribution < 1.29 is 37.1 Å². The molecule has 0 radical (unpaired) electrons. The summed E-state index contributed by atoms with van der Waals surface area (Å²) in [6, 6.07) is 0. The molecule has 10 heteroatoms. The molecule has 0 aromatic rings. The van der Waals surface area contributed by atoms with E-state index in [-0.39, 0.29) is 11.2 Å². The predicted molar refractivity (Wildman–Crippen MR) is 106 cm³/mol. The molecule has 0 aliphatic heterocycles. The Morgan fingerprint density at radius 1 is 0.852 bits per heavy atom. The van der Waals surface area contributed by atoms with Crippen LogP contribution >= 0.6 is 12.0 Å². The summed E-state index contributed by atoms with van der Waals surface area (Å²) < 4.78 is 46.3. The summed E-state index contributed by atoms with van der Waals surface area (Å²) in [6.45, 7) is 10.4. The molecule has 0 spiro atoms. The lowest BCUT2D eigenvalue weighted by atomic mass is 9.90. The number of rotatable bonds is 18. The van der Waals surface area contributed by atoms with E-state index in [0.717, 1.165) is 37.7 Å². The smallest absolute Gasteiger partial charge is 0.265 e. The maximum absolute atomic E-state index is 10.9. The third-order valence-electron chi connectivity index (χ3n) is 3.96. The minimum absolute atomic E-state index is 0.0683. The molecular formula is C17H36O8S2. The Labute approximate surface area is 168 Å². The number of hydrogen-bond acceptors (Lipinski definition) is 8. The van der Waals surface area contributed by atoms with Crippen LogP contribution in [-0.4, -0.2) is 56.2 Å². The lowest BCUT2D eigenvalue weighted by Gasteiger charge is -2.22. The van der Waals surface area contributed by atoms with Gasteiger partial charge in [0.1, 0.15) is 0 Å². The van der Waals surface area contributed by atoms with Crippen molar-refractivity contribution in [3.05, 3.63) is 0 Å². The summed E-state index contributed by atoms with van der Waals surface area (Å²) in [6.07, 6.45) is 4.16. The molecule has 0 aromatic heterocycles. The highest BCUT2D eigenvalue weighted by atomic mass is 32.2. The summed E-state index contributed by atoms with van der Waals surface area (Å²) in [5.74, 6) is 0.480. The standard InChI is InChI=1S/C17H36O8S2/c1-16(2,14-26-25-24-18)8-5-10-22-12-7-13-23-11-6-9-17(3,4)15-27(19,20)21/h18H,5-15H2,1-4H3,(H,19,20,21). The van der Waals surface area contributed by atoms with Gasteiger partial charge in [-0.05, 0) is 42.9 Å². The van der Waals surface area contributed by atoms with Crippen LogP contribution in [0, 0.1) is 10.8 Å². The first-order valence-electron chi connectivity index (χ1n) is 9.18. The Morgan fingerprint density at radius 3 is 1.81 bits per heavy atom. The molecule has 0 atom stereocenters. The van der Waals surface area contributed by atoms with Crippen molar-refractivity contribution in [3.63, 3.8) is 0 Å². The van der Waals surface area contributed by atoms with Crippen molar-refractivity contribution in [2.24, 2.45) is 10.8 Å². The van der Waals surface area contributed by atoms with Crippen LogP contribution in [0.2, 0.25) is 0 Å². The minimum atomic E-state index is -3.94. The van der Waals surface area contributed by atoms with Gasteiger partial charge in [-0.15, -0.1) is 4.33 Å². The third kappa shape index (κ3) is 19.2. The Balaban J connectivity index is 3.50. The van der Waals surface area contributed by atoms with E-state index in [1.807, 2.05) is 13.8 Å². The van der Waals surface area contributed by atoms with Crippen LogP contribution in [0.4, 0.5) is 0 Å². The third-order valence-corrected chi connectivity index (χ3v) is 6.17. The van der Waals surface area contributed by atoms with Crippen LogP contribution < -0.4 is 0 Å². The summed E-state index contributed by atoms with van der Waals surface area (Å²) in [7, 11) is -3.94. The Bertz CT molecular complexity index is 466. The van der Waals surface area contributed by atoms with E-state index in [1.54, 1.807) is 0 Å². The van der Waals surface area contributed by atoms with Crippen molar-refractivity contribution in [2.45, 2.75) is 59.8 Å². The zero-order valence-corrected chi connectivity index (χ0v) is 18.6.